The fourth-order valence-corrected chi connectivity index (χ4v) is 4.54. The standard InChI is InChI=1S/C23H27ClN2O6S/c1-5-26(6-2)33(29,30)18-10-7-17(8-11-18)9-12-23(28)32-15-22(27)25-20-13-16(3)19(24)14-21(20)31-4/h7-14H,5-6,15H2,1-4H3,(H,25,27)/b12-9+. The van der Waals surface area contributed by atoms with Crippen molar-refractivity contribution in [3.8, 4) is 5.75 Å². The predicted octanol–water partition coefficient (Wildman–Crippen LogP) is 3.88. The maximum absolute atomic E-state index is 12.5. The fraction of sp³-hybridized carbons (Fsp3) is 0.304. The van der Waals surface area contributed by atoms with Crippen molar-refractivity contribution in [2.75, 3.05) is 32.1 Å². The summed E-state index contributed by atoms with van der Waals surface area (Å²) in [6, 6.07) is 9.37. The summed E-state index contributed by atoms with van der Waals surface area (Å²) in [5.41, 5.74) is 1.77. The molecule has 0 fully saturated rings. The van der Waals surface area contributed by atoms with Crippen LogP contribution in [-0.2, 0) is 24.3 Å². The lowest BCUT2D eigenvalue weighted by atomic mass is 10.2. The van der Waals surface area contributed by atoms with Crippen LogP contribution in [0, 0.1) is 6.92 Å². The van der Waals surface area contributed by atoms with Gasteiger partial charge in [-0.15, -0.1) is 0 Å². The minimum atomic E-state index is -3.55. The Morgan fingerprint density at radius 3 is 2.33 bits per heavy atom. The molecule has 0 aliphatic carbocycles. The summed E-state index contributed by atoms with van der Waals surface area (Å²) in [5.74, 6) is -0.872. The number of carbonyl (C=O) groups excluding carboxylic acids is 2. The van der Waals surface area contributed by atoms with Crippen molar-refractivity contribution in [1.29, 1.82) is 0 Å². The fourth-order valence-electron chi connectivity index (χ4n) is 2.93. The van der Waals surface area contributed by atoms with Crippen molar-refractivity contribution in [2.24, 2.45) is 0 Å². The Balaban J connectivity index is 1.94. The molecule has 0 saturated heterocycles. The van der Waals surface area contributed by atoms with Gasteiger partial charge in [-0.2, -0.15) is 4.31 Å². The minimum absolute atomic E-state index is 0.176. The topological polar surface area (TPSA) is 102 Å². The monoisotopic (exact) mass is 494 g/mol. The van der Waals surface area contributed by atoms with Gasteiger partial charge < -0.3 is 14.8 Å². The van der Waals surface area contributed by atoms with E-state index >= 15 is 0 Å². The number of halogens is 1. The molecule has 0 spiro atoms. The van der Waals surface area contributed by atoms with Gasteiger partial charge in [-0.05, 0) is 42.3 Å². The molecular formula is C23H27ClN2O6S. The molecular weight excluding hydrogens is 468 g/mol. The number of nitrogens with zero attached hydrogens (tertiary/aromatic N) is 1. The van der Waals surface area contributed by atoms with Crippen molar-refractivity contribution < 1.29 is 27.5 Å². The lowest BCUT2D eigenvalue weighted by Gasteiger charge is -2.18. The second-order valence-electron chi connectivity index (χ2n) is 6.95. The van der Waals surface area contributed by atoms with Gasteiger partial charge in [0.25, 0.3) is 5.91 Å². The number of methoxy groups -OCH3 is 1. The van der Waals surface area contributed by atoms with E-state index in [9.17, 15) is 18.0 Å². The van der Waals surface area contributed by atoms with E-state index in [1.807, 2.05) is 0 Å². The van der Waals surface area contributed by atoms with Crippen LogP contribution in [-0.4, -0.2) is 51.4 Å². The summed E-state index contributed by atoms with van der Waals surface area (Å²) in [7, 11) is -2.10. The highest BCUT2D eigenvalue weighted by Crippen LogP contribution is 2.30. The van der Waals surface area contributed by atoms with E-state index in [0.29, 0.717) is 35.1 Å². The average molecular weight is 495 g/mol. The van der Waals surface area contributed by atoms with Gasteiger partial charge in [0.1, 0.15) is 5.75 Å². The number of amides is 1. The van der Waals surface area contributed by atoms with Crippen molar-refractivity contribution in [3.63, 3.8) is 0 Å². The van der Waals surface area contributed by atoms with Gasteiger partial charge in [0.05, 0.1) is 17.7 Å². The first kappa shape index (κ1) is 26.4. The van der Waals surface area contributed by atoms with Crippen LogP contribution in [0.15, 0.2) is 47.4 Å². The number of hydrogen-bond acceptors (Lipinski definition) is 6. The Bertz CT molecular complexity index is 1130. The third kappa shape index (κ3) is 7.05. The van der Waals surface area contributed by atoms with Crippen LogP contribution in [0.3, 0.4) is 0 Å². The SMILES string of the molecule is CCN(CC)S(=O)(=O)c1ccc(/C=C/C(=O)OCC(=O)Nc2cc(C)c(Cl)cc2OC)cc1. The van der Waals surface area contributed by atoms with Crippen LogP contribution in [0.4, 0.5) is 5.69 Å². The molecule has 0 aliphatic heterocycles. The maximum atomic E-state index is 12.5. The number of nitrogens with one attached hydrogen (secondary N) is 1. The third-order valence-electron chi connectivity index (χ3n) is 4.74. The Kier molecular flexibility index (Phi) is 9.45. The number of esters is 1. The Hall–Kier alpha value is -2.88. The van der Waals surface area contributed by atoms with E-state index in [4.69, 9.17) is 21.1 Å². The molecule has 2 aromatic carbocycles. The Morgan fingerprint density at radius 1 is 1.12 bits per heavy atom. The molecule has 0 atom stereocenters. The lowest BCUT2D eigenvalue weighted by Crippen LogP contribution is -2.30. The molecule has 0 bridgehead atoms. The molecule has 0 unspecified atom stereocenters. The largest absolute Gasteiger partial charge is 0.495 e. The molecule has 10 heteroatoms. The van der Waals surface area contributed by atoms with Crippen LogP contribution in [0.5, 0.6) is 5.75 Å². The molecule has 0 saturated carbocycles. The van der Waals surface area contributed by atoms with Gasteiger partial charge in [-0.25, -0.2) is 13.2 Å². The number of aryl methyl sites for hydroxylation is 1. The highest BCUT2D eigenvalue weighted by Gasteiger charge is 2.21. The summed E-state index contributed by atoms with van der Waals surface area (Å²) in [6.45, 7) is 5.60. The first-order valence-electron chi connectivity index (χ1n) is 10.2. The van der Waals surface area contributed by atoms with E-state index in [0.717, 1.165) is 11.6 Å². The number of anilines is 1. The molecule has 8 nitrogen and oxygen atoms in total. The molecule has 2 aromatic rings. The molecule has 0 radical (unpaired) electrons. The number of carbonyl (C=O) groups is 2. The number of sulfonamides is 1. The summed E-state index contributed by atoms with van der Waals surface area (Å²) >= 11 is 6.05. The first-order chi connectivity index (χ1) is 15.6. The van der Waals surface area contributed by atoms with Crippen LogP contribution in [0.1, 0.15) is 25.0 Å². The van der Waals surface area contributed by atoms with E-state index < -0.39 is 28.5 Å². The summed E-state index contributed by atoms with van der Waals surface area (Å²) in [6.07, 6.45) is 2.63. The maximum Gasteiger partial charge on any atom is 0.331 e. The normalized spacial score (nSPS) is 11.6. The molecule has 2 rings (SSSR count). The third-order valence-corrected chi connectivity index (χ3v) is 7.21. The number of benzene rings is 2. The molecule has 1 amide bonds. The Morgan fingerprint density at radius 2 is 1.76 bits per heavy atom. The van der Waals surface area contributed by atoms with Gasteiger partial charge in [-0.3, -0.25) is 4.79 Å². The molecule has 178 valence electrons. The highest BCUT2D eigenvalue weighted by molar-refractivity contribution is 7.89. The molecule has 0 aromatic heterocycles. The lowest BCUT2D eigenvalue weighted by molar-refractivity contribution is -0.142. The van der Waals surface area contributed by atoms with Crippen LogP contribution in [0.25, 0.3) is 6.08 Å². The van der Waals surface area contributed by atoms with Crippen molar-refractivity contribution in [2.45, 2.75) is 25.7 Å². The zero-order valence-electron chi connectivity index (χ0n) is 18.9. The summed E-state index contributed by atoms with van der Waals surface area (Å²) < 4.78 is 36.5. The van der Waals surface area contributed by atoms with Gasteiger partial charge in [-0.1, -0.05) is 37.6 Å². The average Bonchev–Trinajstić information content (AvgIpc) is 2.79. The number of hydrogen-bond donors (Lipinski definition) is 1. The number of ether oxygens (including phenoxy) is 2. The second-order valence-corrected chi connectivity index (χ2v) is 9.29. The molecule has 0 aliphatic rings. The van der Waals surface area contributed by atoms with Crippen LogP contribution in [0.2, 0.25) is 5.02 Å². The van der Waals surface area contributed by atoms with Crippen molar-refractivity contribution >= 4 is 45.3 Å². The van der Waals surface area contributed by atoms with Crippen molar-refractivity contribution in [1.82, 2.24) is 4.31 Å². The Labute approximate surface area is 199 Å². The number of rotatable bonds is 10. The van der Waals surface area contributed by atoms with Gasteiger partial charge >= 0.3 is 5.97 Å². The van der Waals surface area contributed by atoms with Gasteiger partial charge in [0.2, 0.25) is 10.0 Å². The smallest absolute Gasteiger partial charge is 0.331 e. The van der Waals surface area contributed by atoms with Gasteiger partial charge in [0.15, 0.2) is 6.61 Å². The van der Waals surface area contributed by atoms with Crippen LogP contribution >= 0.6 is 11.6 Å². The first-order valence-corrected chi connectivity index (χ1v) is 12.0. The van der Waals surface area contributed by atoms with Gasteiger partial charge in [0, 0.05) is 30.3 Å². The zero-order valence-corrected chi connectivity index (χ0v) is 20.5. The highest BCUT2D eigenvalue weighted by atomic mass is 35.5. The predicted molar refractivity (Wildman–Crippen MR) is 128 cm³/mol. The van der Waals surface area contributed by atoms with Crippen molar-refractivity contribution in [3.05, 3.63) is 58.6 Å². The van der Waals surface area contributed by atoms with E-state index in [1.165, 1.54) is 29.6 Å². The molecule has 33 heavy (non-hydrogen) atoms. The second kappa shape index (κ2) is 11.8. The van der Waals surface area contributed by atoms with E-state index in [1.54, 1.807) is 45.0 Å². The minimum Gasteiger partial charge on any atom is -0.495 e. The van der Waals surface area contributed by atoms with Crippen LogP contribution < -0.4 is 10.1 Å². The van der Waals surface area contributed by atoms with E-state index in [-0.39, 0.29) is 4.90 Å². The summed E-state index contributed by atoms with van der Waals surface area (Å²) in [5, 5.41) is 3.11. The molecule has 0 heterocycles. The molecule has 1 N–H and O–H groups in total. The quantitative estimate of drug-likeness (QED) is 0.397. The van der Waals surface area contributed by atoms with E-state index in [2.05, 4.69) is 5.32 Å². The zero-order chi connectivity index (χ0) is 24.6. The summed E-state index contributed by atoms with van der Waals surface area (Å²) in [4.78, 5) is 24.3.